The Hall–Kier alpha value is -3.27. The lowest BCUT2D eigenvalue weighted by Crippen LogP contribution is -2.73. The highest BCUT2D eigenvalue weighted by Gasteiger charge is 2.67. The normalized spacial score (nSPS) is 30.7. The SMILES string of the molecule is CC(C)N1CCN(c2ccc(Nc3ncc4c(n3)N(C35CC(C3)C5)C(=O)[C@]3(CCNC3=O)C4)nc2)CC1. The van der Waals surface area contributed by atoms with E-state index in [4.69, 9.17) is 4.98 Å². The maximum absolute atomic E-state index is 13.9. The molecule has 2 N–H and O–H groups in total. The van der Waals surface area contributed by atoms with Gasteiger partial charge >= 0.3 is 0 Å². The molecule has 3 aliphatic carbocycles. The predicted octanol–water partition coefficient (Wildman–Crippen LogP) is 2.09. The number of hydrogen-bond donors (Lipinski definition) is 2. The van der Waals surface area contributed by atoms with E-state index >= 15 is 0 Å². The van der Waals surface area contributed by atoms with Gasteiger partial charge in [-0.3, -0.25) is 19.4 Å². The number of nitrogens with one attached hydrogen (secondary N) is 2. The molecule has 1 spiro atoms. The molecular formula is C27H34N8O2. The highest BCUT2D eigenvalue weighted by molar-refractivity contribution is 6.15. The van der Waals surface area contributed by atoms with Gasteiger partial charge in [0.2, 0.25) is 17.8 Å². The Kier molecular flexibility index (Phi) is 5.02. The lowest BCUT2D eigenvalue weighted by Gasteiger charge is -2.67. The van der Waals surface area contributed by atoms with Gasteiger partial charge in [-0.05, 0) is 57.6 Å². The number of rotatable bonds is 5. The van der Waals surface area contributed by atoms with E-state index in [1.807, 2.05) is 17.2 Å². The van der Waals surface area contributed by atoms with Gasteiger partial charge in [-0.15, -0.1) is 0 Å². The van der Waals surface area contributed by atoms with Gasteiger partial charge in [0, 0.05) is 56.9 Å². The van der Waals surface area contributed by atoms with Crippen LogP contribution in [0.4, 0.5) is 23.3 Å². The van der Waals surface area contributed by atoms with E-state index in [9.17, 15) is 9.59 Å². The molecule has 37 heavy (non-hydrogen) atoms. The van der Waals surface area contributed by atoms with Crippen molar-refractivity contribution >= 4 is 35.1 Å². The van der Waals surface area contributed by atoms with Crippen molar-refractivity contribution in [3.8, 4) is 0 Å². The monoisotopic (exact) mass is 502 g/mol. The van der Waals surface area contributed by atoms with Gasteiger partial charge in [0.05, 0.1) is 17.4 Å². The third-order valence-corrected chi connectivity index (χ3v) is 9.31. The first-order valence-electron chi connectivity index (χ1n) is 13.6. The molecule has 3 aliphatic heterocycles. The molecule has 0 unspecified atom stereocenters. The van der Waals surface area contributed by atoms with Gasteiger partial charge in [-0.25, -0.2) is 9.97 Å². The van der Waals surface area contributed by atoms with Crippen molar-refractivity contribution < 1.29 is 9.59 Å². The van der Waals surface area contributed by atoms with Crippen molar-refractivity contribution in [3.05, 3.63) is 30.1 Å². The summed E-state index contributed by atoms with van der Waals surface area (Å²) in [7, 11) is 0. The fourth-order valence-corrected chi connectivity index (χ4v) is 6.94. The van der Waals surface area contributed by atoms with Crippen molar-refractivity contribution in [2.24, 2.45) is 11.3 Å². The summed E-state index contributed by atoms with van der Waals surface area (Å²) in [6, 6.07) is 4.61. The van der Waals surface area contributed by atoms with Gasteiger partial charge in [0.1, 0.15) is 17.1 Å². The minimum Gasteiger partial charge on any atom is -0.368 e. The van der Waals surface area contributed by atoms with Gasteiger partial charge in [-0.2, -0.15) is 4.98 Å². The van der Waals surface area contributed by atoms with Crippen molar-refractivity contribution in [2.75, 3.05) is 47.8 Å². The summed E-state index contributed by atoms with van der Waals surface area (Å²) in [5, 5.41) is 6.12. The van der Waals surface area contributed by atoms with Crippen LogP contribution >= 0.6 is 0 Å². The third kappa shape index (κ3) is 3.44. The Labute approximate surface area is 216 Å². The first-order chi connectivity index (χ1) is 17.9. The maximum Gasteiger partial charge on any atom is 0.244 e. The van der Waals surface area contributed by atoms with Crippen molar-refractivity contribution in [1.29, 1.82) is 0 Å². The van der Waals surface area contributed by atoms with Crippen LogP contribution in [0, 0.1) is 11.3 Å². The molecule has 8 rings (SSSR count). The molecular weight excluding hydrogens is 468 g/mol. The second-order valence-electron chi connectivity index (χ2n) is 11.8. The van der Waals surface area contributed by atoms with Crippen LogP contribution in [-0.4, -0.2) is 76.0 Å². The van der Waals surface area contributed by atoms with E-state index < -0.39 is 5.41 Å². The van der Waals surface area contributed by atoms with Crippen molar-refractivity contribution in [2.45, 2.75) is 57.5 Å². The summed E-state index contributed by atoms with van der Waals surface area (Å²) in [6.07, 6.45) is 7.56. The average molecular weight is 503 g/mol. The minimum atomic E-state index is -1.02. The highest BCUT2D eigenvalue weighted by atomic mass is 16.2. The van der Waals surface area contributed by atoms with Crippen LogP contribution in [0.25, 0.3) is 0 Å². The van der Waals surface area contributed by atoms with Crippen LogP contribution in [0.5, 0.6) is 0 Å². The van der Waals surface area contributed by atoms with Crippen LogP contribution in [0.3, 0.4) is 0 Å². The van der Waals surface area contributed by atoms with E-state index in [2.05, 4.69) is 50.3 Å². The zero-order valence-corrected chi connectivity index (χ0v) is 21.5. The molecule has 10 nitrogen and oxygen atoms in total. The number of carbonyl (C=O) groups is 2. The third-order valence-electron chi connectivity index (χ3n) is 9.31. The van der Waals surface area contributed by atoms with E-state index in [1.165, 1.54) is 0 Å². The summed E-state index contributed by atoms with van der Waals surface area (Å²) in [4.78, 5) is 47.4. The molecule has 0 aromatic carbocycles. The average Bonchev–Trinajstić information content (AvgIpc) is 3.21. The number of fused-ring (bicyclic) bond motifs is 1. The van der Waals surface area contributed by atoms with Crippen LogP contribution < -0.4 is 20.4 Å². The molecule has 10 heteroatoms. The lowest BCUT2D eigenvalue weighted by atomic mass is 9.48. The van der Waals surface area contributed by atoms with Gasteiger partial charge in [-0.1, -0.05) is 0 Å². The van der Waals surface area contributed by atoms with E-state index in [1.54, 1.807) is 6.20 Å². The molecule has 2 bridgehead atoms. The molecule has 194 valence electrons. The van der Waals surface area contributed by atoms with E-state index in [0.717, 1.165) is 56.7 Å². The number of hydrogen-bond acceptors (Lipinski definition) is 8. The number of carbonyl (C=O) groups excluding carboxylic acids is 2. The summed E-state index contributed by atoms with van der Waals surface area (Å²) >= 11 is 0. The number of piperazine rings is 1. The van der Waals surface area contributed by atoms with Crippen molar-refractivity contribution in [3.63, 3.8) is 0 Å². The zero-order chi connectivity index (χ0) is 25.4. The Morgan fingerprint density at radius 1 is 1.05 bits per heavy atom. The van der Waals surface area contributed by atoms with Crippen LogP contribution in [-0.2, 0) is 16.0 Å². The Morgan fingerprint density at radius 3 is 2.43 bits per heavy atom. The fraction of sp³-hybridized carbons (Fsp3) is 0.593. The standard InChI is InChI=1S/C27H34N8O2/c1-17(2)33-7-9-34(10-8-33)20-3-4-21(29-16-20)31-25-30-15-19-14-27(5-6-28-23(27)36)24(37)35(22(19)32-25)26-11-18(12-26)13-26/h3-4,15-18H,5-14H2,1-2H3,(H,28,36)(H,29,30,31,32)/t18?,26?,27-/m1/s1. The second kappa shape index (κ2) is 8.11. The molecule has 2 saturated heterocycles. The molecule has 0 radical (unpaired) electrons. The van der Waals surface area contributed by atoms with Crippen molar-refractivity contribution in [1.82, 2.24) is 25.2 Å². The Balaban J connectivity index is 1.12. The maximum atomic E-state index is 13.9. The van der Waals surface area contributed by atoms with E-state index in [-0.39, 0.29) is 17.4 Å². The van der Waals surface area contributed by atoms with Crippen LogP contribution in [0.2, 0.25) is 0 Å². The first-order valence-corrected chi connectivity index (χ1v) is 13.6. The fourth-order valence-electron chi connectivity index (χ4n) is 6.94. The van der Waals surface area contributed by atoms with Crippen LogP contribution in [0.1, 0.15) is 45.1 Å². The number of aromatic nitrogens is 3. The van der Waals surface area contributed by atoms with Crippen LogP contribution in [0.15, 0.2) is 24.5 Å². The highest BCUT2D eigenvalue weighted by Crippen LogP contribution is 2.63. The molecule has 3 saturated carbocycles. The molecule has 5 heterocycles. The minimum absolute atomic E-state index is 0.0853. The summed E-state index contributed by atoms with van der Waals surface area (Å²) < 4.78 is 0. The number of anilines is 4. The topological polar surface area (TPSA) is 107 Å². The number of amides is 2. The quantitative estimate of drug-likeness (QED) is 0.599. The largest absolute Gasteiger partial charge is 0.368 e. The van der Waals surface area contributed by atoms with Gasteiger partial charge in [0.25, 0.3) is 0 Å². The number of nitrogens with zero attached hydrogens (tertiary/aromatic N) is 6. The molecule has 1 atom stereocenters. The molecule has 6 aliphatic rings. The predicted molar refractivity (Wildman–Crippen MR) is 140 cm³/mol. The first kappa shape index (κ1) is 22.9. The smallest absolute Gasteiger partial charge is 0.244 e. The van der Waals surface area contributed by atoms with E-state index in [0.29, 0.717) is 48.9 Å². The molecule has 2 amide bonds. The second-order valence-corrected chi connectivity index (χ2v) is 11.8. The summed E-state index contributed by atoms with van der Waals surface area (Å²) in [5.41, 5.74) is 0.785. The molecule has 5 fully saturated rings. The zero-order valence-electron chi connectivity index (χ0n) is 21.5. The Morgan fingerprint density at radius 2 is 1.84 bits per heavy atom. The Bertz CT molecular complexity index is 1240. The number of pyridine rings is 1. The summed E-state index contributed by atoms with van der Waals surface area (Å²) in [5.74, 6) is 2.19. The van der Waals surface area contributed by atoms with Gasteiger partial charge in [0.15, 0.2) is 0 Å². The summed E-state index contributed by atoms with van der Waals surface area (Å²) in [6.45, 7) is 9.13. The molecule has 2 aromatic rings. The molecule has 2 aromatic heterocycles. The lowest BCUT2D eigenvalue weighted by molar-refractivity contribution is -0.144. The van der Waals surface area contributed by atoms with Gasteiger partial charge < -0.3 is 15.5 Å².